The zero-order valence-corrected chi connectivity index (χ0v) is 14.7. The van der Waals surface area contributed by atoms with Crippen LogP contribution >= 0.6 is 11.3 Å². The maximum absolute atomic E-state index is 3.83. The van der Waals surface area contributed by atoms with Gasteiger partial charge in [-0.15, -0.1) is 11.3 Å². The molecule has 21 heavy (non-hydrogen) atoms. The summed E-state index contributed by atoms with van der Waals surface area (Å²) in [6.45, 7) is 8.46. The molecule has 1 saturated heterocycles. The van der Waals surface area contributed by atoms with Crippen molar-refractivity contribution in [1.82, 2.24) is 10.2 Å². The molecule has 0 amide bonds. The monoisotopic (exact) mass is 306 g/mol. The molecule has 1 aliphatic carbocycles. The lowest BCUT2D eigenvalue weighted by molar-refractivity contribution is 0.134. The fourth-order valence-electron chi connectivity index (χ4n) is 3.56. The first-order valence-corrected chi connectivity index (χ1v) is 9.41. The van der Waals surface area contributed by atoms with Gasteiger partial charge in [0.1, 0.15) is 0 Å². The molecule has 118 valence electrons. The summed E-state index contributed by atoms with van der Waals surface area (Å²) in [7, 11) is 2.24. The molecule has 0 saturated carbocycles. The topological polar surface area (TPSA) is 15.3 Å². The Morgan fingerprint density at radius 3 is 2.71 bits per heavy atom. The van der Waals surface area contributed by atoms with Gasteiger partial charge in [-0.3, -0.25) is 0 Å². The van der Waals surface area contributed by atoms with Crippen molar-refractivity contribution in [2.75, 3.05) is 26.7 Å². The first-order valence-electron chi connectivity index (χ1n) is 8.59. The second-order valence-corrected chi connectivity index (χ2v) is 8.69. The summed E-state index contributed by atoms with van der Waals surface area (Å²) in [5, 5.41) is 3.83. The predicted octanol–water partition coefficient (Wildman–Crippen LogP) is 4.01. The van der Waals surface area contributed by atoms with E-state index in [1.165, 1.54) is 51.6 Å². The van der Waals surface area contributed by atoms with E-state index in [1.807, 2.05) is 0 Å². The highest BCUT2D eigenvalue weighted by molar-refractivity contribution is 7.12. The van der Waals surface area contributed by atoms with E-state index in [-0.39, 0.29) is 0 Å². The lowest BCUT2D eigenvalue weighted by Crippen LogP contribution is -2.42. The number of nitrogens with one attached hydrogen (secondary N) is 1. The highest BCUT2D eigenvalue weighted by atomic mass is 32.1. The first-order chi connectivity index (χ1) is 10.1. The average Bonchev–Trinajstić information content (AvgIpc) is 2.92. The van der Waals surface area contributed by atoms with Crippen molar-refractivity contribution in [3.05, 3.63) is 21.4 Å². The van der Waals surface area contributed by atoms with Crippen LogP contribution in [-0.2, 0) is 12.8 Å². The third-order valence-corrected chi connectivity index (χ3v) is 6.89. The molecule has 0 aromatic carbocycles. The summed E-state index contributed by atoms with van der Waals surface area (Å²) in [5.74, 6) is 0. The molecule has 0 radical (unpaired) electrons. The minimum Gasteiger partial charge on any atom is -0.309 e. The Kier molecular flexibility index (Phi) is 4.72. The Balaban J connectivity index is 1.56. The molecule has 2 heterocycles. The Morgan fingerprint density at radius 1 is 1.29 bits per heavy atom. The van der Waals surface area contributed by atoms with Crippen LogP contribution in [0, 0.1) is 5.41 Å². The minimum atomic E-state index is 0.484. The first kappa shape index (κ1) is 15.5. The molecular formula is C18H30N2S. The van der Waals surface area contributed by atoms with Crippen LogP contribution in [0.25, 0.3) is 0 Å². The van der Waals surface area contributed by atoms with Crippen LogP contribution in [0.2, 0.25) is 0 Å². The number of thiophene rings is 1. The molecule has 2 nitrogen and oxygen atoms in total. The van der Waals surface area contributed by atoms with Crippen molar-refractivity contribution in [2.45, 2.75) is 58.4 Å². The summed E-state index contributed by atoms with van der Waals surface area (Å²) in [4.78, 5) is 5.67. The van der Waals surface area contributed by atoms with Crippen LogP contribution in [0.4, 0.5) is 0 Å². The van der Waals surface area contributed by atoms with Crippen molar-refractivity contribution in [3.8, 4) is 0 Å². The molecule has 1 unspecified atom stereocenters. The highest BCUT2D eigenvalue weighted by Gasteiger charge is 2.29. The molecular weight excluding hydrogens is 276 g/mol. The van der Waals surface area contributed by atoms with E-state index in [2.05, 4.69) is 48.5 Å². The number of rotatable bonds is 4. The van der Waals surface area contributed by atoms with Gasteiger partial charge in [-0.1, -0.05) is 6.92 Å². The molecule has 3 heteroatoms. The van der Waals surface area contributed by atoms with Gasteiger partial charge in [0, 0.05) is 22.3 Å². The zero-order valence-electron chi connectivity index (χ0n) is 13.9. The van der Waals surface area contributed by atoms with Crippen molar-refractivity contribution < 1.29 is 0 Å². The van der Waals surface area contributed by atoms with Crippen molar-refractivity contribution in [1.29, 1.82) is 0 Å². The second-order valence-electron chi connectivity index (χ2n) is 7.52. The molecule has 1 aromatic rings. The van der Waals surface area contributed by atoms with Gasteiger partial charge in [-0.05, 0) is 82.6 Å². The quantitative estimate of drug-likeness (QED) is 0.904. The van der Waals surface area contributed by atoms with E-state index < -0.39 is 0 Å². The lowest BCUT2D eigenvalue weighted by atomic mass is 9.80. The van der Waals surface area contributed by atoms with Gasteiger partial charge in [0.25, 0.3) is 0 Å². The Hall–Kier alpha value is -0.380. The Morgan fingerprint density at radius 2 is 2.00 bits per heavy atom. The predicted molar refractivity (Wildman–Crippen MR) is 92.2 cm³/mol. The summed E-state index contributed by atoms with van der Waals surface area (Å²) in [6.07, 6.45) is 8.05. The molecule has 1 aliphatic heterocycles. The molecule has 0 bridgehead atoms. The molecule has 1 aromatic heterocycles. The van der Waals surface area contributed by atoms with Gasteiger partial charge in [0.15, 0.2) is 0 Å². The number of piperidine rings is 1. The van der Waals surface area contributed by atoms with Gasteiger partial charge in [0.05, 0.1) is 0 Å². The van der Waals surface area contributed by atoms with E-state index in [0.29, 0.717) is 11.5 Å². The van der Waals surface area contributed by atoms with E-state index in [0.717, 1.165) is 6.54 Å². The molecule has 1 fully saturated rings. The normalized spacial score (nSPS) is 23.8. The van der Waals surface area contributed by atoms with Crippen molar-refractivity contribution >= 4 is 11.3 Å². The number of fused-ring (bicyclic) bond motifs is 1. The van der Waals surface area contributed by atoms with Crippen LogP contribution in [0.15, 0.2) is 6.07 Å². The maximum Gasteiger partial charge on any atom is 0.0386 e. The highest BCUT2D eigenvalue weighted by Crippen LogP contribution is 2.34. The van der Waals surface area contributed by atoms with Crippen LogP contribution in [0.5, 0.6) is 0 Å². The van der Waals surface area contributed by atoms with Gasteiger partial charge in [0.2, 0.25) is 0 Å². The van der Waals surface area contributed by atoms with Crippen LogP contribution in [0.1, 0.15) is 60.9 Å². The largest absolute Gasteiger partial charge is 0.309 e. The second kappa shape index (κ2) is 6.39. The molecule has 1 atom stereocenters. The zero-order chi connectivity index (χ0) is 14.9. The fraction of sp³-hybridized carbons (Fsp3) is 0.778. The van der Waals surface area contributed by atoms with Gasteiger partial charge in [-0.25, -0.2) is 0 Å². The van der Waals surface area contributed by atoms with E-state index in [1.54, 1.807) is 15.3 Å². The van der Waals surface area contributed by atoms with E-state index in [9.17, 15) is 0 Å². The number of likely N-dealkylation sites (tertiary alicyclic amines) is 1. The third kappa shape index (κ3) is 3.69. The molecule has 2 aliphatic rings. The van der Waals surface area contributed by atoms with Crippen LogP contribution in [-0.4, -0.2) is 31.6 Å². The summed E-state index contributed by atoms with van der Waals surface area (Å²) in [6, 6.07) is 2.99. The summed E-state index contributed by atoms with van der Waals surface area (Å²) < 4.78 is 0. The van der Waals surface area contributed by atoms with Crippen molar-refractivity contribution in [3.63, 3.8) is 0 Å². The van der Waals surface area contributed by atoms with Crippen LogP contribution < -0.4 is 5.32 Å². The van der Waals surface area contributed by atoms with E-state index >= 15 is 0 Å². The standard InChI is InChI=1S/C18H30N2S/c1-14(17-12-15-6-4-5-7-16(15)21-17)19-13-18(2)8-10-20(3)11-9-18/h12,14,19H,4-11,13H2,1-3H3. The number of hydrogen-bond acceptors (Lipinski definition) is 3. The fourth-order valence-corrected chi connectivity index (χ4v) is 4.85. The maximum atomic E-state index is 3.83. The minimum absolute atomic E-state index is 0.484. The van der Waals surface area contributed by atoms with Gasteiger partial charge >= 0.3 is 0 Å². The summed E-state index contributed by atoms with van der Waals surface area (Å²) in [5.41, 5.74) is 2.12. The Labute approximate surface area is 133 Å². The SMILES string of the molecule is CC(NCC1(C)CCN(C)CC1)c1cc2c(s1)CCCC2. The Bertz CT molecular complexity index is 448. The van der Waals surface area contributed by atoms with Crippen molar-refractivity contribution in [2.24, 2.45) is 5.41 Å². The molecule has 1 N–H and O–H groups in total. The van der Waals surface area contributed by atoms with Gasteiger partial charge in [-0.2, -0.15) is 0 Å². The summed E-state index contributed by atoms with van der Waals surface area (Å²) >= 11 is 2.06. The average molecular weight is 307 g/mol. The molecule has 0 spiro atoms. The van der Waals surface area contributed by atoms with Crippen LogP contribution in [0.3, 0.4) is 0 Å². The lowest BCUT2D eigenvalue weighted by Gasteiger charge is -2.38. The van der Waals surface area contributed by atoms with E-state index in [4.69, 9.17) is 0 Å². The smallest absolute Gasteiger partial charge is 0.0386 e. The number of hydrogen-bond donors (Lipinski definition) is 1. The van der Waals surface area contributed by atoms with Gasteiger partial charge < -0.3 is 10.2 Å². The molecule has 3 rings (SSSR count). The third-order valence-electron chi connectivity index (χ3n) is 5.47. The number of aryl methyl sites for hydroxylation is 2. The number of nitrogens with zero attached hydrogens (tertiary/aromatic N) is 1.